The summed E-state index contributed by atoms with van der Waals surface area (Å²) in [6.45, 7) is 2.05. The third-order valence-electron chi connectivity index (χ3n) is 3.45. The molecule has 2 nitrogen and oxygen atoms in total. The summed E-state index contributed by atoms with van der Waals surface area (Å²) < 4.78 is 0. The van der Waals surface area contributed by atoms with Crippen LogP contribution in [0.3, 0.4) is 0 Å². The first kappa shape index (κ1) is 12.5. The SMILES string of the molecule is CSc1ccc(C(C)NC(=O)C2CCC2)cc1. The summed E-state index contributed by atoms with van der Waals surface area (Å²) >= 11 is 1.73. The highest BCUT2D eigenvalue weighted by Crippen LogP contribution is 2.27. The van der Waals surface area contributed by atoms with Gasteiger partial charge in [0, 0.05) is 10.8 Å². The van der Waals surface area contributed by atoms with Crippen molar-refractivity contribution in [2.24, 2.45) is 5.92 Å². The van der Waals surface area contributed by atoms with E-state index in [0.717, 1.165) is 12.8 Å². The Morgan fingerprint density at radius 1 is 1.35 bits per heavy atom. The molecule has 2 rings (SSSR count). The molecule has 1 fully saturated rings. The Bertz CT molecular complexity index is 384. The first-order chi connectivity index (χ1) is 8.20. The van der Waals surface area contributed by atoms with E-state index in [9.17, 15) is 4.79 Å². The van der Waals surface area contributed by atoms with Crippen molar-refractivity contribution in [2.75, 3.05) is 6.26 Å². The summed E-state index contributed by atoms with van der Waals surface area (Å²) in [5, 5.41) is 3.09. The molecule has 1 saturated carbocycles. The molecule has 1 aliphatic carbocycles. The van der Waals surface area contributed by atoms with Crippen LogP contribution in [0.25, 0.3) is 0 Å². The summed E-state index contributed by atoms with van der Waals surface area (Å²) in [6.07, 6.45) is 5.39. The zero-order chi connectivity index (χ0) is 12.3. The zero-order valence-corrected chi connectivity index (χ0v) is 11.2. The summed E-state index contributed by atoms with van der Waals surface area (Å²) in [7, 11) is 0. The average molecular weight is 249 g/mol. The monoisotopic (exact) mass is 249 g/mol. The van der Waals surface area contributed by atoms with Crippen LogP contribution in [0.1, 0.15) is 37.8 Å². The fraction of sp³-hybridized carbons (Fsp3) is 0.500. The maximum Gasteiger partial charge on any atom is 0.223 e. The number of rotatable bonds is 4. The van der Waals surface area contributed by atoms with E-state index in [-0.39, 0.29) is 17.9 Å². The van der Waals surface area contributed by atoms with Crippen LogP contribution >= 0.6 is 11.8 Å². The van der Waals surface area contributed by atoms with E-state index in [1.54, 1.807) is 11.8 Å². The van der Waals surface area contributed by atoms with Crippen molar-refractivity contribution in [3.05, 3.63) is 29.8 Å². The Morgan fingerprint density at radius 2 is 2.00 bits per heavy atom. The molecule has 1 unspecified atom stereocenters. The summed E-state index contributed by atoms with van der Waals surface area (Å²) in [5.74, 6) is 0.487. The van der Waals surface area contributed by atoms with Crippen LogP contribution in [0.2, 0.25) is 0 Å². The van der Waals surface area contributed by atoms with Gasteiger partial charge in [-0.25, -0.2) is 0 Å². The van der Waals surface area contributed by atoms with Gasteiger partial charge in [-0.2, -0.15) is 0 Å². The molecule has 3 heteroatoms. The van der Waals surface area contributed by atoms with Gasteiger partial charge in [0.05, 0.1) is 6.04 Å². The molecule has 1 atom stereocenters. The van der Waals surface area contributed by atoms with Crippen LogP contribution < -0.4 is 5.32 Å². The lowest BCUT2D eigenvalue weighted by molar-refractivity contribution is -0.128. The lowest BCUT2D eigenvalue weighted by Crippen LogP contribution is -2.35. The molecule has 0 aromatic heterocycles. The first-order valence-electron chi connectivity index (χ1n) is 6.15. The van der Waals surface area contributed by atoms with Crippen molar-refractivity contribution < 1.29 is 4.79 Å². The second kappa shape index (κ2) is 5.58. The Balaban J connectivity index is 1.93. The van der Waals surface area contributed by atoms with E-state index in [1.807, 2.05) is 6.92 Å². The molecule has 0 saturated heterocycles. The third-order valence-corrected chi connectivity index (χ3v) is 4.19. The zero-order valence-electron chi connectivity index (χ0n) is 10.4. The highest BCUT2D eigenvalue weighted by atomic mass is 32.2. The molecule has 1 aliphatic rings. The van der Waals surface area contributed by atoms with Crippen LogP contribution in [-0.4, -0.2) is 12.2 Å². The van der Waals surface area contributed by atoms with Crippen molar-refractivity contribution in [3.8, 4) is 0 Å². The van der Waals surface area contributed by atoms with E-state index >= 15 is 0 Å². The van der Waals surface area contributed by atoms with Crippen LogP contribution in [0.15, 0.2) is 29.2 Å². The van der Waals surface area contributed by atoms with Gasteiger partial charge in [-0.3, -0.25) is 4.79 Å². The van der Waals surface area contributed by atoms with Crippen LogP contribution in [0.5, 0.6) is 0 Å². The highest BCUT2D eigenvalue weighted by Gasteiger charge is 2.26. The second-order valence-corrected chi connectivity index (χ2v) is 5.51. The van der Waals surface area contributed by atoms with Gasteiger partial charge in [0.15, 0.2) is 0 Å². The second-order valence-electron chi connectivity index (χ2n) is 4.63. The Labute approximate surface area is 107 Å². The van der Waals surface area contributed by atoms with Gasteiger partial charge in [-0.05, 0) is 43.7 Å². The van der Waals surface area contributed by atoms with Crippen molar-refractivity contribution in [1.29, 1.82) is 0 Å². The summed E-state index contributed by atoms with van der Waals surface area (Å²) in [4.78, 5) is 13.1. The molecule has 0 spiro atoms. The predicted molar refractivity (Wildman–Crippen MR) is 72.1 cm³/mol. The maximum atomic E-state index is 11.8. The first-order valence-corrected chi connectivity index (χ1v) is 7.37. The fourth-order valence-electron chi connectivity index (χ4n) is 1.98. The molecule has 1 aromatic carbocycles. The van der Waals surface area contributed by atoms with E-state index in [4.69, 9.17) is 0 Å². The van der Waals surface area contributed by atoms with Gasteiger partial charge in [0.2, 0.25) is 5.91 Å². The molecule has 17 heavy (non-hydrogen) atoms. The summed E-state index contributed by atoms with van der Waals surface area (Å²) in [6, 6.07) is 8.51. The molecule has 0 aliphatic heterocycles. The lowest BCUT2D eigenvalue weighted by atomic mass is 9.84. The van der Waals surface area contributed by atoms with Gasteiger partial charge in [-0.1, -0.05) is 18.6 Å². The number of amides is 1. The van der Waals surface area contributed by atoms with Crippen LogP contribution in [0, 0.1) is 5.92 Å². The fourth-order valence-corrected chi connectivity index (χ4v) is 2.39. The van der Waals surface area contributed by atoms with E-state index in [2.05, 4.69) is 35.8 Å². The molecule has 0 heterocycles. The molecule has 1 N–H and O–H groups in total. The standard InChI is InChI=1S/C14H19NOS/c1-10(15-14(16)12-4-3-5-12)11-6-8-13(17-2)9-7-11/h6-10,12H,3-5H2,1-2H3,(H,15,16). The topological polar surface area (TPSA) is 29.1 Å². The number of hydrogen-bond acceptors (Lipinski definition) is 2. The highest BCUT2D eigenvalue weighted by molar-refractivity contribution is 7.98. The molecule has 1 aromatic rings. The molecule has 1 amide bonds. The number of benzene rings is 1. The Hall–Kier alpha value is -0.960. The number of hydrogen-bond donors (Lipinski definition) is 1. The van der Waals surface area contributed by atoms with Gasteiger partial charge in [-0.15, -0.1) is 11.8 Å². The van der Waals surface area contributed by atoms with E-state index in [1.165, 1.54) is 16.9 Å². The smallest absolute Gasteiger partial charge is 0.223 e. The molecule has 92 valence electrons. The largest absolute Gasteiger partial charge is 0.349 e. The normalized spacial score (nSPS) is 17.3. The lowest BCUT2D eigenvalue weighted by Gasteiger charge is -2.26. The summed E-state index contributed by atoms with van der Waals surface area (Å²) in [5.41, 5.74) is 1.18. The number of carbonyl (C=O) groups is 1. The molecular weight excluding hydrogens is 230 g/mol. The minimum Gasteiger partial charge on any atom is -0.349 e. The Kier molecular flexibility index (Phi) is 4.11. The molecule has 0 radical (unpaired) electrons. The van der Waals surface area contributed by atoms with Crippen molar-refractivity contribution in [3.63, 3.8) is 0 Å². The predicted octanol–water partition coefficient (Wildman–Crippen LogP) is 3.39. The van der Waals surface area contributed by atoms with Gasteiger partial charge < -0.3 is 5.32 Å². The average Bonchev–Trinajstić information content (AvgIpc) is 2.26. The van der Waals surface area contributed by atoms with Crippen LogP contribution in [-0.2, 0) is 4.79 Å². The van der Waals surface area contributed by atoms with Crippen LogP contribution in [0.4, 0.5) is 0 Å². The van der Waals surface area contributed by atoms with Crippen molar-refractivity contribution in [1.82, 2.24) is 5.32 Å². The van der Waals surface area contributed by atoms with Gasteiger partial charge in [0.1, 0.15) is 0 Å². The Morgan fingerprint density at radius 3 is 2.47 bits per heavy atom. The van der Waals surface area contributed by atoms with Crippen molar-refractivity contribution in [2.45, 2.75) is 37.1 Å². The maximum absolute atomic E-state index is 11.8. The van der Waals surface area contributed by atoms with E-state index < -0.39 is 0 Å². The third kappa shape index (κ3) is 3.03. The van der Waals surface area contributed by atoms with Gasteiger partial charge >= 0.3 is 0 Å². The van der Waals surface area contributed by atoms with Gasteiger partial charge in [0.25, 0.3) is 0 Å². The van der Waals surface area contributed by atoms with Crippen molar-refractivity contribution >= 4 is 17.7 Å². The number of thioether (sulfide) groups is 1. The van der Waals surface area contributed by atoms with E-state index in [0.29, 0.717) is 0 Å². The minimum absolute atomic E-state index is 0.110. The number of carbonyl (C=O) groups excluding carboxylic acids is 1. The molecule has 0 bridgehead atoms. The number of nitrogens with one attached hydrogen (secondary N) is 1. The molecular formula is C14H19NOS. The minimum atomic E-state index is 0.110. The quantitative estimate of drug-likeness (QED) is 0.829.